The lowest BCUT2D eigenvalue weighted by molar-refractivity contribution is -0.0361. The number of ether oxygens (including phenoxy) is 3. The number of nitrogens with zero attached hydrogens (tertiary/aromatic N) is 1. The van der Waals surface area contributed by atoms with Crippen LogP contribution in [-0.4, -0.2) is 50.4 Å². The quantitative estimate of drug-likeness (QED) is 0.685. The second kappa shape index (κ2) is 8.73. The van der Waals surface area contributed by atoms with Gasteiger partial charge >= 0.3 is 6.09 Å². The van der Waals surface area contributed by atoms with E-state index in [4.69, 9.17) is 14.2 Å². The Balaban J connectivity index is 1.40. The zero-order valence-corrected chi connectivity index (χ0v) is 19.7. The Labute approximate surface area is 198 Å². The predicted molar refractivity (Wildman–Crippen MR) is 123 cm³/mol. The number of carbonyl (C=O) groups excluding carboxylic acids is 1. The summed E-state index contributed by atoms with van der Waals surface area (Å²) in [5.74, 6) is -0.0284. The van der Waals surface area contributed by atoms with Crippen LogP contribution in [0.2, 0.25) is 0 Å². The number of carbonyl (C=O) groups is 1. The molecule has 4 aliphatic rings. The van der Waals surface area contributed by atoms with E-state index in [0.29, 0.717) is 29.6 Å². The molecule has 0 aliphatic carbocycles. The van der Waals surface area contributed by atoms with Crippen LogP contribution in [0.1, 0.15) is 38.3 Å². The minimum atomic E-state index is -0.596. The first-order valence-corrected chi connectivity index (χ1v) is 11.7. The molecule has 3 saturated heterocycles. The molecule has 34 heavy (non-hydrogen) atoms. The van der Waals surface area contributed by atoms with Crippen LogP contribution in [0.25, 0.3) is 11.1 Å². The number of fused-ring (bicyclic) bond motifs is 4. The van der Waals surface area contributed by atoms with Gasteiger partial charge in [0.2, 0.25) is 0 Å². The summed E-state index contributed by atoms with van der Waals surface area (Å²) in [6, 6.07) is 6.58. The van der Waals surface area contributed by atoms with Crippen LogP contribution in [0.4, 0.5) is 13.6 Å². The molecule has 3 fully saturated rings. The zero-order chi connectivity index (χ0) is 24.0. The van der Waals surface area contributed by atoms with Gasteiger partial charge in [-0.2, -0.15) is 0 Å². The maximum Gasteiger partial charge on any atom is 0.407 e. The van der Waals surface area contributed by atoms with Crippen LogP contribution >= 0.6 is 0 Å². The number of hydrogen-bond acceptors (Lipinski definition) is 5. The molecule has 0 spiro atoms. The largest absolute Gasteiger partial charge is 0.497 e. The highest BCUT2D eigenvalue weighted by Crippen LogP contribution is 2.45. The van der Waals surface area contributed by atoms with Crippen LogP contribution in [0.5, 0.6) is 11.5 Å². The molecule has 8 heteroatoms. The van der Waals surface area contributed by atoms with Crippen molar-refractivity contribution in [3.8, 4) is 22.6 Å². The predicted octanol–water partition coefficient (Wildman–Crippen LogP) is 4.92. The van der Waals surface area contributed by atoms with E-state index in [0.717, 1.165) is 32.5 Å². The van der Waals surface area contributed by atoms with Gasteiger partial charge in [0.05, 0.1) is 19.8 Å². The van der Waals surface area contributed by atoms with Crippen LogP contribution in [-0.2, 0) is 4.74 Å². The average Bonchev–Trinajstić information content (AvgIpc) is 2.82. The van der Waals surface area contributed by atoms with Crippen molar-refractivity contribution in [1.29, 1.82) is 0 Å². The SMILES string of the molecule is COc1ccc(-c2cc3c(cc2F)C(NC(=O)O[C@H]2CN4CCC2CC4)C(C)(C)CO3)c(F)c1. The van der Waals surface area contributed by atoms with E-state index in [2.05, 4.69) is 10.2 Å². The van der Waals surface area contributed by atoms with Gasteiger partial charge in [-0.1, -0.05) is 13.8 Å². The maximum atomic E-state index is 15.3. The molecule has 2 aromatic carbocycles. The first-order valence-electron chi connectivity index (χ1n) is 11.7. The number of alkyl carbamates (subject to hydrolysis) is 1. The van der Waals surface area contributed by atoms with E-state index in [1.165, 1.54) is 31.4 Å². The Morgan fingerprint density at radius 2 is 1.85 bits per heavy atom. The van der Waals surface area contributed by atoms with Crippen molar-refractivity contribution in [3.63, 3.8) is 0 Å². The second-order valence-electron chi connectivity index (χ2n) is 10.2. The fraction of sp³-hybridized carbons (Fsp3) is 0.500. The Kier molecular flexibility index (Phi) is 5.88. The van der Waals surface area contributed by atoms with E-state index in [-0.39, 0.29) is 17.2 Å². The Hall–Kier alpha value is -2.87. The molecule has 4 aliphatic heterocycles. The smallest absolute Gasteiger partial charge is 0.407 e. The molecule has 0 saturated carbocycles. The summed E-state index contributed by atoms with van der Waals surface area (Å²) in [6.45, 7) is 7.08. The number of hydrogen-bond donors (Lipinski definition) is 1. The highest BCUT2D eigenvalue weighted by molar-refractivity contribution is 5.71. The molecule has 6 nitrogen and oxygen atoms in total. The monoisotopic (exact) mass is 472 g/mol. The van der Waals surface area contributed by atoms with Crippen molar-refractivity contribution in [1.82, 2.24) is 10.2 Å². The molecular formula is C26H30F2N2O4. The topological polar surface area (TPSA) is 60.0 Å². The third-order valence-electron chi connectivity index (χ3n) is 7.37. The molecule has 6 rings (SSSR count). The Morgan fingerprint density at radius 1 is 1.12 bits per heavy atom. The lowest BCUT2D eigenvalue weighted by Crippen LogP contribution is -2.53. The van der Waals surface area contributed by atoms with E-state index in [1.54, 1.807) is 6.07 Å². The van der Waals surface area contributed by atoms with Crippen molar-refractivity contribution in [2.45, 2.75) is 38.8 Å². The Bertz CT molecular complexity index is 1100. The number of methoxy groups -OCH3 is 1. The molecule has 0 aromatic heterocycles. The van der Waals surface area contributed by atoms with Crippen LogP contribution in [0, 0.1) is 23.0 Å². The van der Waals surface area contributed by atoms with Crippen molar-refractivity contribution in [2.75, 3.05) is 33.4 Å². The number of nitrogens with one attached hydrogen (secondary N) is 1. The van der Waals surface area contributed by atoms with Crippen LogP contribution in [0.3, 0.4) is 0 Å². The molecule has 2 aromatic rings. The molecule has 1 N–H and O–H groups in total. The van der Waals surface area contributed by atoms with Crippen molar-refractivity contribution >= 4 is 6.09 Å². The molecule has 4 heterocycles. The number of rotatable bonds is 4. The summed E-state index contributed by atoms with van der Waals surface area (Å²) in [4.78, 5) is 15.2. The first kappa shape index (κ1) is 22.9. The third kappa shape index (κ3) is 4.19. The van der Waals surface area contributed by atoms with Crippen LogP contribution in [0.15, 0.2) is 30.3 Å². The second-order valence-corrected chi connectivity index (χ2v) is 10.2. The van der Waals surface area contributed by atoms with Gasteiger partial charge < -0.3 is 19.5 Å². The molecule has 0 radical (unpaired) electrons. The van der Waals surface area contributed by atoms with E-state index >= 15 is 4.39 Å². The summed E-state index contributed by atoms with van der Waals surface area (Å²) in [5.41, 5.74) is 0.214. The fourth-order valence-corrected chi connectivity index (χ4v) is 5.34. The standard InChI is InChI=1S/C26H30F2N2O4/c1-26(2)14-33-22-12-18(17-5-4-16(32-3)10-20(17)27)21(28)11-19(22)24(26)29-25(31)34-23-13-30-8-6-15(23)7-9-30/h4-5,10-12,15,23-24H,6-9,13-14H2,1-3H3,(H,29,31)/t23-,24?/m0/s1. The van der Waals surface area contributed by atoms with Gasteiger partial charge in [0.1, 0.15) is 29.2 Å². The van der Waals surface area contributed by atoms with Crippen molar-refractivity contribution in [3.05, 3.63) is 47.5 Å². The number of benzene rings is 2. The van der Waals surface area contributed by atoms with Gasteiger partial charge in [0, 0.05) is 34.7 Å². The minimum Gasteiger partial charge on any atom is -0.497 e. The lowest BCUT2D eigenvalue weighted by atomic mass is 9.78. The molecular weight excluding hydrogens is 442 g/mol. The van der Waals surface area contributed by atoms with Gasteiger partial charge in [0.25, 0.3) is 0 Å². The Morgan fingerprint density at radius 3 is 2.50 bits per heavy atom. The summed E-state index contributed by atoms with van der Waals surface area (Å²) < 4.78 is 46.7. The molecule has 2 atom stereocenters. The van der Waals surface area contributed by atoms with E-state index in [9.17, 15) is 9.18 Å². The number of piperidine rings is 3. The number of halogens is 2. The van der Waals surface area contributed by atoms with Crippen molar-refractivity contribution in [2.24, 2.45) is 11.3 Å². The summed E-state index contributed by atoms with van der Waals surface area (Å²) >= 11 is 0. The molecule has 182 valence electrons. The zero-order valence-electron chi connectivity index (χ0n) is 19.7. The van der Waals surface area contributed by atoms with Gasteiger partial charge in [-0.05, 0) is 56.1 Å². The normalized spacial score (nSPS) is 26.9. The van der Waals surface area contributed by atoms with E-state index in [1.807, 2.05) is 13.8 Å². The first-order chi connectivity index (χ1) is 16.2. The highest BCUT2D eigenvalue weighted by atomic mass is 19.1. The summed E-state index contributed by atoms with van der Waals surface area (Å²) in [6.07, 6.45) is 1.45. The van der Waals surface area contributed by atoms with E-state index < -0.39 is 29.2 Å². The number of amides is 1. The fourth-order valence-electron chi connectivity index (χ4n) is 5.34. The summed E-state index contributed by atoms with van der Waals surface area (Å²) in [5, 5.41) is 2.97. The van der Waals surface area contributed by atoms with Crippen LogP contribution < -0.4 is 14.8 Å². The summed E-state index contributed by atoms with van der Waals surface area (Å²) in [7, 11) is 1.44. The van der Waals surface area contributed by atoms with Gasteiger partial charge in [-0.25, -0.2) is 13.6 Å². The minimum absolute atomic E-state index is 0.0900. The lowest BCUT2D eigenvalue weighted by Gasteiger charge is -2.44. The molecule has 2 bridgehead atoms. The third-order valence-corrected chi connectivity index (χ3v) is 7.37. The average molecular weight is 473 g/mol. The molecule has 1 amide bonds. The highest BCUT2D eigenvalue weighted by Gasteiger charge is 2.41. The van der Waals surface area contributed by atoms with Gasteiger partial charge in [-0.15, -0.1) is 0 Å². The van der Waals surface area contributed by atoms with Gasteiger partial charge in [0.15, 0.2) is 0 Å². The maximum absolute atomic E-state index is 15.3. The van der Waals surface area contributed by atoms with Crippen molar-refractivity contribution < 1.29 is 27.8 Å². The molecule has 1 unspecified atom stereocenters. The van der Waals surface area contributed by atoms with Gasteiger partial charge in [-0.3, -0.25) is 4.90 Å².